The normalized spacial score (nSPS) is 17.8. The fraction of sp³-hybridized carbons (Fsp3) is 0.400. The number of nitrogens with zero attached hydrogens (tertiary/aromatic N) is 1. The van der Waals surface area contributed by atoms with Crippen molar-refractivity contribution < 1.29 is 0 Å². The van der Waals surface area contributed by atoms with Crippen molar-refractivity contribution >= 4 is 17.0 Å². The lowest BCUT2D eigenvalue weighted by Crippen LogP contribution is -2.33. The molecule has 2 heterocycles. The Balaban J connectivity index is 1.42. The first-order valence-electron chi connectivity index (χ1n) is 6.81. The molecule has 4 heteroatoms. The summed E-state index contributed by atoms with van der Waals surface area (Å²) in [5.41, 5.74) is 5.85. The van der Waals surface area contributed by atoms with Gasteiger partial charge in [0.2, 0.25) is 0 Å². The zero-order valence-corrected chi connectivity index (χ0v) is 11.7. The van der Waals surface area contributed by atoms with E-state index in [4.69, 9.17) is 0 Å². The van der Waals surface area contributed by atoms with E-state index in [9.17, 15) is 0 Å². The van der Waals surface area contributed by atoms with Gasteiger partial charge < -0.3 is 10.6 Å². The Labute approximate surface area is 118 Å². The first-order chi connectivity index (χ1) is 9.42. The lowest BCUT2D eigenvalue weighted by Gasteiger charge is -2.26. The molecule has 0 amide bonds. The molecule has 0 aliphatic carbocycles. The third-order valence-corrected chi connectivity index (χ3v) is 4.22. The molecule has 0 saturated carbocycles. The molecule has 0 bridgehead atoms. The number of nitrogens with one attached hydrogen (secondary N) is 2. The largest absolute Gasteiger partial charge is 0.384 e. The second kappa shape index (κ2) is 6.17. The minimum atomic E-state index is 0.685. The van der Waals surface area contributed by atoms with E-state index in [1.54, 1.807) is 11.3 Å². The quantitative estimate of drug-likeness (QED) is 0.822. The van der Waals surface area contributed by atoms with Gasteiger partial charge in [-0.15, -0.1) is 11.3 Å². The van der Waals surface area contributed by atoms with E-state index < -0.39 is 0 Å². The summed E-state index contributed by atoms with van der Waals surface area (Å²) >= 11 is 1.67. The van der Waals surface area contributed by atoms with Gasteiger partial charge in [-0.3, -0.25) is 0 Å². The van der Waals surface area contributed by atoms with Crippen LogP contribution in [0.2, 0.25) is 0 Å². The average molecular weight is 273 g/mol. The molecule has 0 radical (unpaired) electrons. The van der Waals surface area contributed by atoms with Crippen LogP contribution in [0.3, 0.4) is 0 Å². The molecule has 1 unspecified atom stereocenters. The number of para-hydroxylation sites is 1. The molecule has 1 aliphatic rings. The third kappa shape index (κ3) is 3.33. The number of hydrogen-bond acceptors (Lipinski definition) is 4. The van der Waals surface area contributed by atoms with Crippen LogP contribution in [0.15, 0.2) is 35.2 Å². The second-order valence-corrected chi connectivity index (χ2v) is 5.76. The van der Waals surface area contributed by atoms with Gasteiger partial charge >= 0.3 is 0 Å². The molecular weight excluding hydrogens is 254 g/mol. The molecule has 2 aromatic rings. The summed E-state index contributed by atoms with van der Waals surface area (Å²) in [6.07, 6.45) is 2.20. The smallest absolute Gasteiger partial charge is 0.0794 e. The van der Waals surface area contributed by atoms with Gasteiger partial charge in [-0.2, -0.15) is 0 Å². The van der Waals surface area contributed by atoms with Crippen molar-refractivity contribution in [3.8, 4) is 0 Å². The monoisotopic (exact) mass is 273 g/mol. The molecule has 3 nitrogen and oxygen atoms in total. The number of rotatable bonds is 5. The van der Waals surface area contributed by atoms with Crippen LogP contribution >= 0.6 is 11.3 Å². The highest BCUT2D eigenvalue weighted by Gasteiger charge is 2.16. The lowest BCUT2D eigenvalue weighted by molar-refractivity contribution is 0.485. The van der Waals surface area contributed by atoms with E-state index in [1.165, 1.54) is 23.4 Å². The molecule has 1 atom stereocenters. The van der Waals surface area contributed by atoms with Gasteiger partial charge in [-0.25, -0.2) is 4.98 Å². The van der Waals surface area contributed by atoms with E-state index in [2.05, 4.69) is 45.3 Å². The van der Waals surface area contributed by atoms with Crippen LogP contribution < -0.4 is 10.6 Å². The standard InChI is InChI=1S/C15H19N3S/c1-2-4-15-13(3-1)7-12(9-17-15)8-16-6-5-14-10-19-11-18-14/h1-4,10-12,16-17H,5-9H2. The van der Waals surface area contributed by atoms with Crippen molar-refractivity contribution in [2.45, 2.75) is 12.8 Å². The van der Waals surface area contributed by atoms with Gasteiger partial charge in [0.25, 0.3) is 0 Å². The molecule has 19 heavy (non-hydrogen) atoms. The SMILES string of the molecule is c1ccc2c(c1)CC(CNCCc1cscn1)CN2. The van der Waals surface area contributed by atoms with E-state index in [0.717, 1.165) is 26.1 Å². The number of fused-ring (bicyclic) bond motifs is 1. The number of anilines is 1. The van der Waals surface area contributed by atoms with Crippen molar-refractivity contribution in [3.05, 3.63) is 46.4 Å². The average Bonchev–Trinajstić information content (AvgIpc) is 2.97. The number of benzene rings is 1. The van der Waals surface area contributed by atoms with E-state index in [0.29, 0.717) is 5.92 Å². The first kappa shape index (κ1) is 12.6. The topological polar surface area (TPSA) is 37.0 Å². The van der Waals surface area contributed by atoms with E-state index in [-0.39, 0.29) is 0 Å². The second-order valence-electron chi connectivity index (χ2n) is 5.04. The fourth-order valence-electron chi connectivity index (χ4n) is 2.54. The Hall–Kier alpha value is -1.39. The van der Waals surface area contributed by atoms with Crippen LogP contribution in [0.5, 0.6) is 0 Å². The van der Waals surface area contributed by atoms with Gasteiger partial charge in [0.15, 0.2) is 0 Å². The van der Waals surface area contributed by atoms with Crippen molar-refractivity contribution in [2.75, 3.05) is 25.0 Å². The van der Waals surface area contributed by atoms with E-state index in [1.807, 2.05) is 5.51 Å². The molecule has 1 aromatic heterocycles. The summed E-state index contributed by atoms with van der Waals surface area (Å²) in [6.45, 7) is 3.16. The van der Waals surface area contributed by atoms with Gasteiger partial charge in [0, 0.05) is 30.6 Å². The number of aromatic nitrogens is 1. The minimum absolute atomic E-state index is 0.685. The van der Waals surface area contributed by atoms with Crippen LogP contribution in [0.4, 0.5) is 5.69 Å². The number of thiazole rings is 1. The van der Waals surface area contributed by atoms with Crippen LogP contribution in [-0.2, 0) is 12.8 Å². The highest BCUT2D eigenvalue weighted by molar-refractivity contribution is 7.07. The maximum atomic E-state index is 4.30. The Bertz CT molecular complexity index is 510. The van der Waals surface area contributed by atoms with Crippen molar-refractivity contribution in [3.63, 3.8) is 0 Å². The Morgan fingerprint density at radius 3 is 3.21 bits per heavy atom. The molecule has 1 aromatic carbocycles. The Morgan fingerprint density at radius 2 is 2.32 bits per heavy atom. The maximum Gasteiger partial charge on any atom is 0.0794 e. The predicted molar refractivity (Wildman–Crippen MR) is 80.8 cm³/mol. The predicted octanol–water partition coefficient (Wildman–Crippen LogP) is 2.56. The molecule has 100 valence electrons. The van der Waals surface area contributed by atoms with E-state index >= 15 is 0 Å². The fourth-order valence-corrected chi connectivity index (χ4v) is 3.13. The summed E-state index contributed by atoms with van der Waals surface area (Å²) in [6, 6.07) is 8.61. The van der Waals surface area contributed by atoms with Crippen LogP contribution in [0, 0.1) is 5.92 Å². The summed E-state index contributed by atoms with van der Waals surface area (Å²) in [5.74, 6) is 0.685. The summed E-state index contributed by atoms with van der Waals surface area (Å²) < 4.78 is 0. The van der Waals surface area contributed by atoms with Crippen LogP contribution in [0.1, 0.15) is 11.3 Å². The molecule has 0 spiro atoms. The summed E-state index contributed by atoms with van der Waals surface area (Å²) in [4.78, 5) is 4.30. The molecule has 1 aliphatic heterocycles. The lowest BCUT2D eigenvalue weighted by atomic mass is 9.94. The molecule has 0 fully saturated rings. The molecule has 2 N–H and O–H groups in total. The third-order valence-electron chi connectivity index (χ3n) is 3.58. The first-order valence-corrected chi connectivity index (χ1v) is 7.75. The molecule has 0 saturated heterocycles. The zero-order chi connectivity index (χ0) is 12.9. The van der Waals surface area contributed by atoms with Gasteiger partial charge in [0.05, 0.1) is 11.2 Å². The van der Waals surface area contributed by atoms with Gasteiger partial charge in [-0.05, 0) is 30.5 Å². The van der Waals surface area contributed by atoms with Crippen molar-refractivity contribution in [2.24, 2.45) is 5.92 Å². The van der Waals surface area contributed by atoms with Crippen LogP contribution in [-0.4, -0.2) is 24.6 Å². The molecular formula is C15H19N3S. The Kier molecular flexibility index (Phi) is 4.10. The highest BCUT2D eigenvalue weighted by Crippen LogP contribution is 2.23. The summed E-state index contributed by atoms with van der Waals surface area (Å²) in [7, 11) is 0. The molecule has 3 rings (SSSR count). The summed E-state index contributed by atoms with van der Waals surface area (Å²) in [5, 5.41) is 9.19. The van der Waals surface area contributed by atoms with Gasteiger partial charge in [-0.1, -0.05) is 18.2 Å². The van der Waals surface area contributed by atoms with Crippen molar-refractivity contribution in [1.82, 2.24) is 10.3 Å². The van der Waals surface area contributed by atoms with Gasteiger partial charge in [0.1, 0.15) is 0 Å². The van der Waals surface area contributed by atoms with Crippen LogP contribution in [0.25, 0.3) is 0 Å². The maximum absolute atomic E-state index is 4.30. The Morgan fingerprint density at radius 1 is 1.37 bits per heavy atom. The number of hydrogen-bond donors (Lipinski definition) is 2. The zero-order valence-electron chi connectivity index (χ0n) is 10.9. The highest BCUT2D eigenvalue weighted by atomic mass is 32.1. The van der Waals surface area contributed by atoms with Crippen molar-refractivity contribution in [1.29, 1.82) is 0 Å². The minimum Gasteiger partial charge on any atom is -0.384 e.